The lowest BCUT2D eigenvalue weighted by atomic mass is 9.98. The van der Waals surface area contributed by atoms with Gasteiger partial charge in [-0.3, -0.25) is 4.98 Å². The number of nitrogens with zero attached hydrogens (tertiary/aromatic N) is 4. The number of tetrazole rings is 1. The summed E-state index contributed by atoms with van der Waals surface area (Å²) in [7, 11) is 0. The summed E-state index contributed by atoms with van der Waals surface area (Å²) in [5.74, 6) is 3.77. The quantitative estimate of drug-likeness (QED) is 0.417. The van der Waals surface area contributed by atoms with Crippen LogP contribution in [-0.2, 0) is 25.2 Å². The number of halogens is 1. The fourth-order valence-electron chi connectivity index (χ4n) is 3.82. The minimum absolute atomic E-state index is 0. The highest BCUT2D eigenvalue weighted by molar-refractivity contribution is 7.98. The summed E-state index contributed by atoms with van der Waals surface area (Å²) in [5, 5.41) is 14.3. The Morgan fingerprint density at radius 1 is 1.06 bits per heavy atom. The number of nitrogens with one attached hydrogen (secondary N) is 1. The van der Waals surface area contributed by atoms with Crippen molar-refractivity contribution >= 4 is 24.2 Å². The van der Waals surface area contributed by atoms with Crippen molar-refractivity contribution < 1.29 is 4.74 Å². The van der Waals surface area contributed by atoms with Crippen LogP contribution in [0.3, 0.4) is 0 Å². The molecule has 0 bridgehead atoms. The summed E-state index contributed by atoms with van der Waals surface area (Å²) in [6.45, 7) is 2.68. The number of aryl methyl sites for hydroxylation is 2. The van der Waals surface area contributed by atoms with Gasteiger partial charge in [0.15, 0.2) is 5.82 Å². The first-order chi connectivity index (χ1) is 15.3. The molecule has 164 valence electrons. The third-order valence-electron chi connectivity index (χ3n) is 5.50. The second-order valence-corrected chi connectivity index (χ2v) is 8.58. The van der Waals surface area contributed by atoms with Crippen LogP contribution in [0.25, 0.3) is 22.5 Å². The number of fused-ring (bicyclic) bond motifs is 1. The van der Waals surface area contributed by atoms with Crippen molar-refractivity contribution in [1.82, 2.24) is 25.6 Å². The zero-order valence-electron chi connectivity index (χ0n) is 17.7. The van der Waals surface area contributed by atoms with Gasteiger partial charge in [0.1, 0.15) is 12.4 Å². The number of benzene rings is 2. The molecule has 0 atom stereocenters. The van der Waals surface area contributed by atoms with Crippen LogP contribution in [0.4, 0.5) is 0 Å². The maximum atomic E-state index is 6.28. The van der Waals surface area contributed by atoms with Gasteiger partial charge in [0.25, 0.3) is 0 Å². The van der Waals surface area contributed by atoms with E-state index in [1.165, 1.54) is 11.3 Å². The van der Waals surface area contributed by atoms with E-state index in [0.717, 1.165) is 58.0 Å². The number of aromatic amines is 1. The number of pyridine rings is 1. The van der Waals surface area contributed by atoms with Crippen LogP contribution in [0, 0.1) is 0 Å². The van der Waals surface area contributed by atoms with Gasteiger partial charge in [0.05, 0.1) is 0 Å². The molecule has 0 amide bonds. The molecule has 1 N–H and O–H groups in total. The molecule has 1 aliphatic heterocycles. The van der Waals surface area contributed by atoms with Crippen LogP contribution in [0.2, 0.25) is 0 Å². The number of hydrogen-bond donors (Lipinski definition) is 1. The van der Waals surface area contributed by atoms with Crippen LogP contribution >= 0.6 is 24.2 Å². The van der Waals surface area contributed by atoms with Gasteiger partial charge < -0.3 is 4.74 Å². The van der Waals surface area contributed by atoms with Crippen molar-refractivity contribution in [2.75, 3.05) is 5.75 Å². The first kappa shape index (κ1) is 22.3. The van der Waals surface area contributed by atoms with E-state index in [2.05, 4.69) is 63.9 Å². The number of thioether (sulfide) groups is 1. The van der Waals surface area contributed by atoms with Gasteiger partial charge in [-0.2, -0.15) is 11.8 Å². The fraction of sp³-hybridized carbons (Fsp3) is 0.250. The molecule has 2 aromatic carbocycles. The molecule has 4 aromatic rings. The van der Waals surface area contributed by atoms with Crippen molar-refractivity contribution in [1.29, 1.82) is 0 Å². The Hall–Kier alpha value is -2.90. The molecule has 0 saturated carbocycles. The van der Waals surface area contributed by atoms with E-state index in [1.54, 1.807) is 0 Å². The van der Waals surface area contributed by atoms with E-state index in [4.69, 9.17) is 9.72 Å². The minimum Gasteiger partial charge on any atom is -0.488 e. The van der Waals surface area contributed by atoms with E-state index in [0.29, 0.717) is 12.4 Å². The standard InChI is InChI=1S/C24H23N5OS.ClH/c1-2-18-13-23(21-15-31-12-11-22(21)25-18)30-14-16-7-9-17(10-8-16)19-5-3-4-6-20(19)24-26-28-29-27-24;/h3-10,13H,2,11-12,14-15H2,1H3,(H,26,27,28,29);1H. The minimum atomic E-state index is 0. The molecule has 0 spiro atoms. The Labute approximate surface area is 197 Å². The van der Waals surface area contributed by atoms with Gasteiger partial charge in [-0.1, -0.05) is 55.5 Å². The van der Waals surface area contributed by atoms with Gasteiger partial charge in [0.2, 0.25) is 0 Å². The van der Waals surface area contributed by atoms with Crippen LogP contribution < -0.4 is 4.74 Å². The summed E-state index contributed by atoms with van der Waals surface area (Å²) in [5.41, 5.74) is 7.89. The van der Waals surface area contributed by atoms with Crippen molar-refractivity contribution in [3.8, 4) is 28.3 Å². The number of aromatic nitrogens is 5. The van der Waals surface area contributed by atoms with E-state index in [9.17, 15) is 0 Å². The predicted octanol–water partition coefficient (Wildman–Crippen LogP) is 5.28. The lowest BCUT2D eigenvalue weighted by Crippen LogP contribution is -2.10. The van der Waals surface area contributed by atoms with E-state index >= 15 is 0 Å². The summed E-state index contributed by atoms with van der Waals surface area (Å²) in [6, 6.07) is 18.7. The van der Waals surface area contributed by atoms with E-state index < -0.39 is 0 Å². The van der Waals surface area contributed by atoms with E-state index in [1.807, 2.05) is 30.0 Å². The number of hydrogen-bond acceptors (Lipinski definition) is 6. The summed E-state index contributed by atoms with van der Waals surface area (Å²) >= 11 is 1.95. The lowest BCUT2D eigenvalue weighted by molar-refractivity contribution is 0.302. The second-order valence-electron chi connectivity index (χ2n) is 7.47. The first-order valence-electron chi connectivity index (χ1n) is 10.5. The highest BCUT2D eigenvalue weighted by atomic mass is 35.5. The van der Waals surface area contributed by atoms with Gasteiger partial charge in [-0.25, -0.2) is 5.10 Å². The van der Waals surface area contributed by atoms with Crippen LogP contribution in [0.1, 0.15) is 29.4 Å². The molecule has 0 unspecified atom stereocenters. The highest BCUT2D eigenvalue weighted by Crippen LogP contribution is 2.33. The zero-order valence-corrected chi connectivity index (χ0v) is 19.4. The molecule has 2 aromatic heterocycles. The summed E-state index contributed by atoms with van der Waals surface area (Å²) in [6.07, 6.45) is 1.95. The third kappa shape index (κ3) is 4.64. The molecule has 0 fully saturated rings. The van der Waals surface area contributed by atoms with Crippen LogP contribution in [-0.4, -0.2) is 31.4 Å². The molecule has 32 heavy (non-hydrogen) atoms. The van der Waals surface area contributed by atoms with Crippen molar-refractivity contribution in [3.63, 3.8) is 0 Å². The number of H-pyrrole nitrogens is 1. The molecule has 8 heteroatoms. The fourth-order valence-corrected chi connectivity index (χ4v) is 4.82. The Balaban J connectivity index is 0.00000245. The maximum absolute atomic E-state index is 6.28. The molecule has 5 rings (SSSR count). The highest BCUT2D eigenvalue weighted by Gasteiger charge is 2.17. The average molecular weight is 466 g/mol. The lowest BCUT2D eigenvalue weighted by Gasteiger charge is -2.20. The predicted molar refractivity (Wildman–Crippen MR) is 130 cm³/mol. The monoisotopic (exact) mass is 465 g/mol. The molecular formula is C24H24ClN5OS. The molecule has 3 heterocycles. The molecule has 6 nitrogen and oxygen atoms in total. The number of ether oxygens (including phenoxy) is 1. The smallest absolute Gasteiger partial charge is 0.180 e. The molecule has 0 saturated heterocycles. The van der Waals surface area contributed by atoms with Gasteiger partial charge in [-0.05, 0) is 45.7 Å². The first-order valence-corrected chi connectivity index (χ1v) is 11.6. The molecule has 0 aliphatic carbocycles. The van der Waals surface area contributed by atoms with Crippen LogP contribution in [0.15, 0.2) is 54.6 Å². The largest absolute Gasteiger partial charge is 0.488 e. The Morgan fingerprint density at radius 3 is 2.62 bits per heavy atom. The molecule has 1 aliphatic rings. The number of rotatable bonds is 6. The Bertz CT molecular complexity index is 1180. The average Bonchev–Trinajstić information content (AvgIpc) is 3.37. The van der Waals surface area contributed by atoms with Gasteiger partial charge >= 0.3 is 0 Å². The summed E-state index contributed by atoms with van der Waals surface area (Å²) < 4.78 is 6.28. The van der Waals surface area contributed by atoms with Crippen molar-refractivity contribution in [2.45, 2.75) is 32.1 Å². The topological polar surface area (TPSA) is 76.6 Å². The summed E-state index contributed by atoms with van der Waals surface area (Å²) in [4.78, 5) is 4.81. The van der Waals surface area contributed by atoms with Crippen LogP contribution in [0.5, 0.6) is 5.75 Å². The molecule has 0 radical (unpaired) electrons. The van der Waals surface area contributed by atoms with Gasteiger partial charge in [-0.15, -0.1) is 17.5 Å². The molecular weight excluding hydrogens is 442 g/mol. The van der Waals surface area contributed by atoms with Crippen molar-refractivity contribution in [2.24, 2.45) is 0 Å². The SMILES string of the molecule is CCc1cc(OCc2ccc(-c3ccccc3-c3nnn[nH]3)cc2)c2c(n1)CCSC2.Cl. The third-order valence-corrected chi connectivity index (χ3v) is 6.49. The van der Waals surface area contributed by atoms with Gasteiger partial charge in [0, 0.05) is 34.3 Å². The maximum Gasteiger partial charge on any atom is 0.180 e. The van der Waals surface area contributed by atoms with E-state index in [-0.39, 0.29) is 12.4 Å². The second kappa shape index (κ2) is 10.1. The normalized spacial score (nSPS) is 12.7. The Kier molecular flexibility index (Phi) is 7.07. The zero-order chi connectivity index (χ0) is 21.0. The van der Waals surface area contributed by atoms with Crippen molar-refractivity contribution in [3.05, 3.63) is 77.1 Å². The Morgan fingerprint density at radius 2 is 1.88 bits per heavy atom.